The summed E-state index contributed by atoms with van der Waals surface area (Å²) in [6.45, 7) is 0. The number of amides is 3. The molecule has 0 saturated carbocycles. The van der Waals surface area contributed by atoms with Gasteiger partial charge in [-0.15, -0.1) is 11.6 Å². The second kappa shape index (κ2) is 6.14. The second-order valence-electron chi connectivity index (χ2n) is 3.02. The van der Waals surface area contributed by atoms with Gasteiger partial charge in [-0.1, -0.05) is 0 Å². The lowest BCUT2D eigenvalue weighted by Crippen LogP contribution is -2.44. The molecule has 0 radical (unpaired) electrons. The van der Waals surface area contributed by atoms with Gasteiger partial charge in [0.1, 0.15) is 0 Å². The molecule has 0 aliphatic carbocycles. The highest BCUT2D eigenvalue weighted by Crippen LogP contribution is 2.16. The van der Waals surface area contributed by atoms with Gasteiger partial charge in [0.2, 0.25) is 5.91 Å². The molecule has 0 aromatic carbocycles. The van der Waals surface area contributed by atoms with Crippen molar-refractivity contribution in [2.24, 2.45) is 0 Å². The van der Waals surface area contributed by atoms with Crippen LogP contribution < -0.4 is 10.6 Å². The minimum Gasteiger partial charge on any atom is -0.334 e. The number of carbonyl (C=O) groups excluding carboxylic acids is 2. The molecule has 0 aromatic rings. The first-order valence-corrected chi connectivity index (χ1v) is 6.15. The third-order valence-corrected chi connectivity index (χ3v) is 3.19. The van der Waals surface area contributed by atoms with Crippen LogP contribution in [0.15, 0.2) is 0 Å². The van der Waals surface area contributed by atoms with E-state index in [2.05, 4.69) is 10.6 Å². The van der Waals surface area contributed by atoms with Gasteiger partial charge < -0.3 is 5.32 Å². The summed E-state index contributed by atoms with van der Waals surface area (Å²) in [7, 11) is 0. The van der Waals surface area contributed by atoms with Crippen LogP contribution in [0, 0.1) is 0 Å². The maximum atomic E-state index is 11.2. The Morgan fingerprint density at radius 2 is 2.29 bits per heavy atom. The van der Waals surface area contributed by atoms with Crippen molar-refractivity contribution in [2.75, 3.05) is 17.4 Å². The van der Waals surface area contributed by atoms with E-state index in [9.17, 15) is 9.59 Å². The Kier molecular flexibility index (Phi) is 5.11. The molecule has 2 N–H and O–H groups in total. The highest BCUT2D eigenvalue weighted by Gasteiger charge is 2.18. The fourth-order valence-corrected chi connectivity index (χ4v) is 2.47. The van der Waals surface area contributed by atoms with Crippen molar-refractivity contribution in [3.63, 3.8) is 0 Å². The molecular formula is C8H13ClN2O2S. The van der Waals surface area contributed by atoms with Crippen LogP contribution >= 0.6 is 23.4 Å². The molecule has 1 atom stereocenters. The Balaban J connectivity index is 2.17. The summed E-state index contributed by atoms with van der Waals surface area (Å²) in [5.74, 6) is 1.90. The highest BCUT2D eigenvalue weighted by molar-refractivity contribution is 7.99. The third-order valence-electron chi connectivity index (χ3n) is 1.84. The summed E-state index contributed by atoms with van der Waals surface area (Å²) < 4.78 is 0. The summed E-state index contributed by atoms with van der Waals surface area (Å²) >= 11 is 7.16. The van der Waals surface area contributed by atoms with Crippen molar-refractivity contribution in [3.8, 4) is 0 Å². The molecule has 1 heterocycles. The van der Waals surface area contributed by atoms with Crippen LogP contribution in [0.3, 0.4) is 0 Å². The van der Waals surface area contributed by atoms with Crippen LogP contribution in [0.25, 0.3) is 0 Å². The standard InChI is InChI=1S/C8H13ClN2O2S/c9-3-1-7(12)11-8(13)10-6-2-4-14-5-6/h6H,1-5H2,(H2,10,11,12,13). The Morgan fingerprint density at radius 1 is 1.50 bits per heavy atom. The topological polar surface area (TPSA) is 58.2 Å². The number of hydrogen-bond acceptors (Lipinski definition) is 3. The maximum absolute atomic E-state index is 11.2. The monoisotopic (exact) mass is 236 g/mol. The number of urea groups is 1. The van der Waals surface area contributed by atoms with Crippen LogP contribution in [0.4, 0.5) is 4.79 Å². The van der Waals surface area contributed by atoms with Crippen LogP contribution in [0.2, 0.25) is 0 Å². The van der Waals surface area contributed by atoms with Gasteiger partial charge in [-0.05, 0) is 12.2 Å². The van der Waals surface area contributed by atoms with Crippen LogP contribution in [-0.4, -0.2) is 35.4 Å². The first-order valence-electron chi connectivity index (χ1n) is 4.46. The quantitative estimate of drug-likeness (QED) is 0.718. The van der Waals surface area contributed by atoms with E-state index < -0.39 is 6.03 Å². The number of thioether (sulfide) groups is 1. The van der Waals surface area contributed by atoms with Crippen molar-refractivity contribution in [1.29, 1.82) is 0 Å². The van der Waals surface area contributed by atoms with E-state index >= 15 is 0 Å². The smallest absolute Gasteiger partial charge is 0.321 e. The molecule has 4 nitrogen and oxygen atoms in total. The van der Waals surface area contributed by atoms with Crippen molar-refractivity contribution in [3.05, 3.63) is 0 Å². The molecule has 0 spiro atoms. The van der Waals surface area contributed by atoms with E-state index in [1.165, 1.54) is 0 Å². The van der Waals surface area contributed by atoms with Gasteiger partial charge in [-0.2, -0.15) is 11.8 Å². The number of imide groups is 1. The van der Waals surface area contributed by atoms with E-state index in [-0.39, 0.29) is 24.2 Å². The predicted molar refractivity (Wildman–Crippen MR) is 57.7 cm³/mol. The van der Waals surface area contributed by atoms with Gasteiger partial charge in [0, 0.05) is 24.1 Å². The zero-order valence-corrected chi connectivity index (χ0v) is 9.29. The first-order chi connectivity index (χ1) is 6.72. The fraction of sp³-hybridized carbons (Fsp3) is 0.750. The number of halogens is 1. The van der Waals surface area contributed by atoms with E-state index in [1.807, 2.05) is 0 Å². The minimum absolute atomic E-state index is 0.175. The second-order valence-corrected chi connectivity index (χ2v) is 4.55. The Labute approximate surface area is 92.1 Å². The van der Waals surface area contributed by atoms with Crippen LogP contribution in [0.1, 0.15) is 12.8 Å². The van der Waals surface area contributed by atoms with Gasteiger partial charge in [-0.25, -0.2) is 4.79 Å². The Hall–Kier alpha value is -0.420. The lowest BCUT2D eigenvalue weighted by molar-refractivity contribution is -0.119. The largest absolute Gasteiger partial charge is 0.334 e. The summed E-state index contributed by atoms with van der Waals surface area (Å²) in [6.07, 6.45) is 1.15. The van der Waals surface area contributed by atoms with Gasteiger partial charge in [0.15, 0.2) is 0 Å². The first kappa shape index (κ1) is 11.7. The third kappa shape index (κ3) is 4.19. The molecule has 80 valence electrons. The molecule has 1 rings (SSSR count). The molecule has 0 aromatic heterocycles. The molecule has 14 heavy (non-hydrogen) atoms. The van der Waals surface area contributed by atoms with Crippen molar-refractivity contribution in [1.82, 2.24) is 10.6 Å². The summed E-state index contributed by atoms with van der Waals surface area (Å²) in [5.41, 5.74) is 0. The van der Waals surface area contributed by atoms with Gasteiger partial charge >= 0.3 is 6.03 Å². The summed E-state index contributed by atoms with van der Waals surface area (Å²) in [6, 6.07) is -0.212. The number of carbonyl (C=O) groups is 2. The number of hydrogen-bond donors (Lipinski definition) is 2. The van der Waals surface area contributed by atoms with Crippen LogP contribution in [0.5, 0.6) is 0 Å². The molecule has 6 heteroatoms. The predicted octanol–water partition coefficient (Wildman–Crippen LogP) is 0.947. The van der Waals surface area contributed by atoms with Gasteiger partial charge in [0.05, 0.1) is 0 Å². The van der Waals surface area contributed by atoms with E-state index in [1.54, 1.807) is 11.8 Å². The Bertz CT molecular complexity index is 219. The Morgan fingerprint density at radius 3 is 2.86 bits per heavy atom. The van der Waals surface area contributed by atoms with E-state index in [0.717, 1.165) is 17.9 Å². The molecule has 1 unspecified atom stereocenters. The average molecular weight is 237 g/mol. The van der Waals surface area contributed by atoms with Gasteiger partial charge in [0.25, 0.3) is 0 Å². The molecular weight excluding hydrogens is 224 g/mol. The van der Waals surface area contributed by atoms with E-state index in [4.69, 9.17) is 11.6 Å². The van der Waals surface area contributed by atoms with Crippen LogP contribution in [-0.2, 0) is 4.79 Å². The highest BCUT2D eigenvalue weighted by atomic mass is 35.5. The fourth-order valence-electron chi connectivity index (χ4n) is 1.14. The lowest BCUT2D eigenvalue weighted by Gasteiger charge is -2.11. The molecule has 1 aliphatic heterocycles. The SMILES string of the molecule is O=C(CCCl)NC(=O)NC1CCSC1. The van der Waals surface area contributed by atoms with Crippen molar-refractivity contribution >= 4 is 35.3 Å². The number of alkyl halides is 1. The van der Waals surface area contributed by atoms with E-state index in [0.29, 0.717) is 0 Å². The molecule has 0 bridgehead atoms. The molecule has 1 saturated heterocycles. The lowest BCUT2D eigenvalue weighted by atomic mass is 10.3. The number of nitrogens with one attached hydrogen (secondary N) is 2. The normalized spacial score (nSPS) is 20.5. The molecule has 1 aliphatic rings. The zero-order chi connectivity index (χ0) is 10.4. The van der Waals surface area contributed by atoms with Gasteiger partial charge in [-0.3, -0.25) is 10.1 Å². The number of rotatable bonds is 3. The molecule has 3 amide bonds. The average Bonchev–Trinajstić information content (AvgIpc) is 2.56. The summed E-state index contributed by atoms with van der Waals surface area (Å²) in [4.78, 5) is 22.2. The minimum atomic E-state index is -0.410. The summed E-state index contributed by atoms with van der Waals surface area (Å²) in [5, 5.41) is 4.96. The molecule has 1 fully saturated rings. The van der Waals surface area contributed by atoms with Crippen molar-refractivity contribution in [2.45, 2.75) is 18.9 Å². The van der Waals surface area contributed by atoms with Crippen molar-refractivity contribution < 1.29 is 9.59 Å². The zero-order valence-electron chi connectivity index (χ0n) is 7.72. The maximum Gasteiger partial charge on any atom is 0.321 e.